The zero-order valence-electron chi connectivity index (χ0n) is 17.7. The monoisotopic (exact) mass is 471 g/mol. The number of pyridine rings is 1. The molecule has 0 radical (unpaired) electrons. The van der Waals surface area contributed by atoms with Crippen LogP contribution in [0.3, 0.4) is 0 Å². The molecule has 2 aliphatic rings. The maximum absolute atomic E-state index is 14.4. The lowest BCUT2D eigenvalue weighted by atomic mass is 9.92. The van der Waals surface area contributed by atoms with E-state index in [9.17, 15) is 13.2 Å². The Hall–Kier alpha value is -3.21. The van der Waals surface area contributed by atoms with E-state index in [0.29, 0.717) is 29.0 Å². The molecule has 4 heterocycles. The minimum Gasteiger partial charge on any atom is -0.349 e. The number of piperidine rings is 1. The molecule has 4 aromatic rings. The van der Waals surface area contributed by atoms with Crippen molar-refractivity contribution in [2.45, 2.75) is 25.8 Å². The van der Waals surface area contributed by atoms with Crippen LogP contribution in [0.1, 0.15) is 18.7 Å². The van der Waals surface area contributed by atoms with E-state index in [1.54, 1.807) is 18.3 Å². The molecule has 11 heteroatoms. The summed E-state index contributed by atoms with van der Waals surface area (Å²) in [5.74, 6) is -1.89. The Kier molecular flexibility index (Phi) is 4.75. The van der Waals surface area contributed by atoms with E-state index >= 15 is 0 Å². The molecule has 1 aliphatic carbocycles. The van der Waals surface area contributed by atoms with E-state index in [0.717, 1.165) is 43.0 Å². The molecule has 33 heavy (non-hydrogen) atoms. The number of nitrogens with one attached hydrogen (secondary N) is 1. The molecule has 3 atom stereocenters. The fourth-order valence-corrected chi connectivity index (χ4v) is 5.78. The lowest BCUT2D eigenvalue weighted by Gasteiger charge is -2.37. The first-order valence-corrected chi connectivity index (χ1v) is 11.6. The predicted octanol–water partition coefficient (Wildman–Crippen LogP) is 4.30. The molecule has 2 fully saturated rings. The highest BCUT2D eigenvalue weighted by Gasteiger charge is 2.43. The highest BCUT2D eigenvalue weighted by atomic mass is 32.1. The Bertz CT molecular complexity index is 1340. The zero-order chi connectivity index (χ0) is 22.7. The van der Waals surface area contributed by atoms with Crippen LogP contribution in [0.5, 0.6) is 0 Å². The van der Waals surface area contributed by atoms with Gasteiger partial charge >= 0.3 is 0 Å². The van der Waals surface area contributed by atoms with Crippen LogP contribution in [-0.4, -0.2) is 43.1 Å². The molecule has 7 nitrogen and oxygen atoms in total. The summed E-state index contributed by atoms with van der Waals surface area (Å²) in [4.78, 5) is 11.4. The molecule has 1 saturated carbocycles. The van der Waals surface area contributed by atoms with E-state index in [4.69, 9.17) is 0 Å². The van der Waals surface area contributed by atoms with Gasteiger partial charge in [-0.1, -0.05) is 0 Å². The molecule has 0 amide bonds. The first kappa shape index (κ1) is 20.4. The fourth-order valence-electron chi connectivity index (χ4n) is 5.09. The van der Waals surface area contributed by atoms with Crippen molar-refractivity contribution in [2.75, 3.05) is 23.3 Å². The maximum Gasteiger partial charge on any atom is 0.243 e. The van der Waals surface area contributed by atoms with Gasteiger partial charge in [0, 0.05) is 48.0 Å². The molecule has 170 valence electrons. The van der Waals surface area contributed by atoms with Gasteiger partial charge in [0.25, 0.3) is 0 Å². The van der Waals surface area contributed by atoms with Gasteiger partial charge in [0.2, 0.25) is 11.1 Å². The number of hydrogen-bond donors (Lipinski definition) is 1. The van der Waals surface area contributed by atoms with E-state index < -0.39 is 17.5 Å². The second-order valence-electron chi connectivity index (χ2n) is 8.65. The minimum atomic E-state index is -1.50. The van der Waals surface area contributed by atoms with Crippen LogP contribution in [0.15, 0.2) is 30.5 Å². The van der Waals surface area contributed by atoms with Crippen LogP contribution in [0.25, 0.3) is 16.8 Å². The van der Waals surface area contributed by atoms with Crippen molar-refractivity contribution in [3.8, 4) is 11.1 Å². The average Bonchev–Trinajstić information content (AvgIpc) is 3.48. The number of halogens is 3. The predicted molar refractivity (Wildman–Crippen MR) is 119 cm³/mol. The molecule has 0 unspecified atom stereocenters. The summed E-state index contributed by atoms with van der Waals surface area (Å²) >= 11 is 1.43. The summed E-state index contributed by atoms with van der Waals surface area (Å²) in [6.45, 7) is 3.68. The van der Waals surface area contributed by atoms with Crippen molar-refractivity contribution in [3.05, 3.63) is 53.7 Å². The number of nitrogens with zero attached hydrogens (tertiary/aromatic N) is 6. The van der Waals surface area contributed by atoms with Gasteiger partial charge in [-0.15, -0.1) is 5.10 Å². The van der Waals surface area contributed by atoms with E-state index in [1.807, 2.05) is 6.92 Å². The molecule has 1 aliphatic heterocycles. The van der Waals surface area contributed by atoms with Crippen LogP contribution in [-0.2, 0) is 0 Å². The van der Waals surface area contributed by atoms with Gasteiger partial charge < -0.3 is 10.2 Å². The van der Waals surface area contributed by atoms with Gasteiger partial charge in [0.15, 0.2) is 23.1 Å². The summed E-state index contributed by atoms with van der Waals surface area (Å²) in [5.41, 5.74) is 0.664. The molecular formula is C22H20F3N7S. The highest BCUT2D eigenvalue weighted by molar-refractivity contribution is 7.09. The summed E-state index contributed by atoms with van der Waals surface area (Å²) in [6.07, 6.45) is 3.91. The Labute approximate surface area is 191 Å². The Balaban J connectivity index is 1.28. The third kappa shape index (κ3) is 3.41. The molecule has 1 N–H and O–H groups in total. The number of aryl methyl sites for hydroxylation is 1. The average molecular weight is 472 g/mol. The third-order valence-electron chi connectivity index (χ3n) is 6.60. The van der Waals surface area contributed by atoms with Crippen molar-refractivity contribution in [2.24, 2.45) is 11.8 Å². The van der Waals surface area contributed by atoms with Gasteiger partial charge in [-0.05, 0) is 55.9 Å². The SMILES string of the molecule is Cc1nsc(N2C[C@H]3CC[C@@H](C2)[C@@H]3Nc2nc3c(-c4ccc(F)c(F)c4F)cccn3n2)n1. The third-order valence-corrected chi connectivity index (χ3v) is 7.47. The fraction of sp³-hybridized carbons (Fsp3) is 0.364. The number of rotatable bonds is 4. The van der Waals surface area contributed by atoms with E-state index in [2.05, 4.69) is 29.7 Å². The number of benzene rings is 1. The standard InChI is InChI=1S/C22H20F3N7S/c1-11-26-22(33-30-11)31-9-12-4-5-13(10-31)19(12)27-21-28-20-15(3-2-8-32(20)29-21)14-6-7-16(23)18(25)17(14)24/h2-3,6-8,12-13,19H,4-5,9-10H2,1H3,(H,27,29)/t12-,13+,19-. The first-order valence-electron chi connectivity index (χ1n) is 10.8. The number of anilines is 2. The largest absolute Gasteiger partial charge is 0.349 e. The van der Waals surface area contributed by atoms with Crippen molar-refractivity contribution in [1.29, 1.82) is 0 Å². The second kappa shape index (κ2) is 7.68. The zero-order valence-corrected chi connectivity index (χ0v) is 18.5. The Morgan fingerprint density at radius 3 is 2.52 bits per heavy atom. The molecule has 6 rings (SSSR count). The van der Waals surface area contributed by atoms with Crippen molar-refractivity contribution < 1.29 is 13.2 Å². The van der Waals surface area contributed by atoms with Gasteiger partial charge in [0.1, 0.15) is 5.82 Å². The summed E-state index contributed by atoms with van der Waals surface area (Å²) < 4.78 is 47.5. The van der Waals surface area contributed by atoms with Gasteiger partial charge in [-0.3, -0.25) is 0 Å². The van der Waals surface area contributed by atoms with Gasteiger partial charge in [-0.25, -0.2) is 22.7 Å². The van der Waals surface area contributed by atoms with Crippen LogP contribution >= 0.6 is 11.5 Å². The molecular weight excluding hydrogens is 451 g/mol. The number of hydrogen-bond acceptors (Lipinski definition) is 7. The summed E-state index contributed by atoms with van der Waals surface area (Å²) in [5, 5.41) is 8.97. The van der Waals surface area contributed by atoms with Crippen LogP contribution < -0.4 is 10.2 Å². The van der Waals surface area contributed by atoms with E-state index in [1.165, 1.54) is 22.1 Å². The Morgan fingerprint density at radius 1 is 1.00 bits per heavy atom. The summed E-state index contributed by atoms with van der Waals surface area (Å²) in [7, 11) is 0. The topological polar surface area (TPSA) is 71.2 Å². The minimum absolute atomic E-state index is 0.0563. The molecule has 3 aromatic heterocycles. The molecule has 2 bridgehead atoms. The van der Waals surface area contributed by atoms with Gasteiger partial charge in [0.05, 0.1) is 0 Å². The van der Waals surface area contributed by atoms with Gasteiger partial charge in [-0.2, -0.15) is 9.36 Å². The first-order chi connectivity index (χ1) is 16.0. The smallest absolute Gasteiger partial charge is 0.243 e. The normalized spacial score (nSPS) is 22.3. The quantitative estimate of drug-likeness (QED) is 0.448. The van der Waals surface area contributed by atoms with Crippen LogP contribution in [0.4, 0.5) is 24.3 Å². The lowest BCUT2D eigenvalue weighted by molar-refractivity contribution is 0.376. The number of aromatic nitrogens is 5. The molecule has 1 saturated heterocycles. The second-order valence-corrected chi connectivity index (χ2v) is 9.38. The van der Waals surface area contributed by atoms with Crippen molar-refractivity contribution in [3.63, 3.8) is 0 Å². The van der Waals surface area contributed by atoms with Crippen LogP contribution in [0.2, 0.25) is 0 Å². The number of fused-ring (bicyclic) bond motifs is 3. The van der Waals surface area contributed by atoms with E-state index in [-0.39, 0.29) is 11.6 Å². The van der Waals surface area contributed by atoms with Crippen molar-refractivity contribution >= 4 is 28.3 Å². The van der Waals surface area contributed by atoms with Crippen molar-refractivity contribution in [1.82, 2.24) is 24.0 Å². The lowest BCUT2D eigenvalue weighted by Crippen LogP contribution is -2.48. The summed E-state index contributed by atoms with van der Waals surface area (Å²) in [6, 6.07) is 5.65. The van der Waals surface area contributed by atoms with Crippen LogP contribution in [0, 0.1) is 36.2 Å². The molecule has 1 aromatic carbocycles. The maximum atomic E-state index is 14.4. The highest BCUT2D eigenvalue weighted by Crippen LogP contribution is 2.40. The molecule has 0 spiro atoms. The Morgan fingerprint density at radius 2 is 1.79 bits per heavy atom.